The molecule has 0 aliphatic rings. The largest absolute Gasteiger partial charge is 0.392 e. The molecule has 0 bridgehead atoms. The van der Waals surface area contributed by atoms with Crippen LogP contribution in [0.3, 0.4) is 0 Å². The van der Waals surface area contributed by atoms with Crippen LogP contribution in [0.2, 0.25) is 0 Å². The monoisotopic (exact) mass is 209 g/mol. The summed E-state index contributed by atoms with van der Waals surface area (Å²) in [5.74, 6) is 0. The van der Waals surface area contributed by atoms with E-state index < -0.39 is 0 Å². The molecule has 0 aliphatic carbocycles. The number of aliphatic hydroxyl groups excluding tert-OH is 1. The van der Waals surface area contributed by atoms with Crippen molar-refractivity contribution in [2.24, 2.45) is 5.73 Å². The van der Waals surface area contributed by atoms with Crippen LogP contribution in [0.4, 0.5) is 0 Å². The van der Waals surface area contributed by atoms with Crippen LogP contribution in [0.5, 0.6) is 0 Å². The molecule has 0 aliphatic heterocycles. The molecule has 0 amide bonds. The zero-order valence-corrected chi connectivity index (χ0v) is 8.20. The first-order valence-corrected chi connectivity index (χ1v) is 3.25. The van der Waals surface area contributed by atoms with Gasteiger partial charge >= 0.3 is 0 Å². The summed E-state index contributed by atoms with van der Waals surface area (Å²) in [7, 11) is 0. The van der Waals surface area contributed by atoms with Crippen molar-refractivity contribution in [3.8, 4) is 0 Å². The van der Waals surface area contributed by atoms with E-state index in [1.807, 2.05) is 24.3 Å². The first-order chi connectivity index (χ1) is 4.86. The molecule has 0 atom stereocenters. The third-order valence-corrected chi connectivity index (χ3v) is 1.44. The first-order valence-electron chi connectivity index (χ1n) is 3.25. The lowest BCUT2D eigenvalue weighted by Gasteiger charge is -1.97. The number of hydrogen-bond donors (Lipinski definition) is 2. The second kappa shape index (κ2) is 7.37. The van der Waals surface area contributed by atoms with Gasteiger partial charge in [0.15, 0.2) is 0 Å². The quantitative estimate of drug-likeness (QED) is 0.776. The Balaban J connectivity index is 0. The second-order valence-electron chi connectivity index (χ2n) is 2.18. The van der Waals surface area contributed by atoms with Crippen molar-refractivity contribution in [2.45, 2.75) is 13.2 Å². The highest BCUT2D eigenvalue weighted by atomic mass is 35.5. The SMILES string of the molecule is Cl.Cl.NCc1ccc(CO)cc1. The van der Waals surface area contributed by atoms with Crippen molar-refractivity contribution in [3.05, 3.63) is 35.4 Å². The van der Waals surface area contributed by atoms with E-state index in [4.69, 9.17) is 10.8 Å². The van der Waals surface area contributed by atoms with Crippen LogP contribution in [0.25, 0.3) is 0 Å². The Morgan fingerprint density at radius 1 is 1.00 bits per heavy atom. The van der Waals surface area contributed by atoms with Gasteiger partial charge in [-0.25, -0.2) is 0 Å². The van der Waals surface area contributed by atoms with Gasteiger partial charge in [-0.15, -0.1) is 24.8 Å². The van der Waals surface area contributed by atoms with E-state index in [1.165, 1.54) is 0 Å². The van der Waals surface area contributed by atoms with Gasteiger partial charge in [-0.05, 0) is 11.1 Å². The van der Waals surface area contributed by atoms with Crippen molar-refractivity contribution in [2.75, 3.05) is 0 Å². The van der Waals surface area contributed by atoms with Gasteiger partial charge in [0.25, 0.3) is 0 Å². The number of rotatable bonds is 2. The molecule has 3 N–H and O–H groups in total. The summed E-state index contributed by atoms with van der Waals surface area (Å²) < 4.78 is 0. The molecular formula is C8H13Cl2NO. The molecule has 1 rings (SSSR count). The van der Waals surface area contributed by atoms with Gasteiger partial charge < -0.3 is 10.8 Å². The lowest BCUT2D eigenvalue weighted by molar-refractivity contribution is 0.282. The van der Waals surface area contributed by atoms with Crippen LogP contribution in [-0.2, 0) is 13.2 Å². The molecule has 0 saturated heterocycles. The van der Waals surface area contributed by atoms with Crippen LogP contribution in [0.1, 0.15) is 11.1 Å². The molecule has 0 radical (unpaired) electrons. The van der Waals surface area contributed by atoms with Crippen LogP contribution >= 0.6 is 24.8 Å². The molecule has 4 heteroatoms. The highest BCUT2D eigenvalue weighted by Crippen LogP contribution is 2.02. The first kappa shape index (κ1) is 14.3. The molecule has 0 fully saturated rings. The van der Waals surface area contributed by atoms with Crippen molar-refractivity contribution in [1.29, 1.82) is 0 Å². The fourth-order valence-electron chi connectivity index (χ4n) is 0.781. The van der Waals surface area contributed by atoms with Crippen LogP contribution in [0.15, 0.2) is 24.3 Å². The maximum atomic E-state index is 8.67. The summed E-state index contributed by atoms with van der Waals surface area (Å²) in [6.45, 7) is 0.663. The van der Waals surface area contributed by atoms with Crippen molar-refractivity contribution in [1.82, 2.24) is 0 Å². The Labute approximate surface area is 84.6 Å². The number of benzene rings is 1. The van der Waals surface area contributed by atoms with E-state index in [1.54, 1.807) is 0 Å². The molecule has 0 aromatic heterocycles. The zero-order valence-electron chi connectivity index (χ0n) is 6.56. The van der Waals surface area contributed by atoms with Crippen molar-refractivity contribution in [3.63, 3.8) is 0 Å². The molecule has 0 saturated carbocycles. The second-order valence-corrected chi connectivity index (χ2v) is 2.18. The Hall–Kier alpha value is -0.280. The lowest BCUT2D eigenvalue weighted by atomic mass is 10.1. The summed E-state index contributed by atoms with van der Waals surface area (Å²) in [6.07, 6.45) is 0. The summed E-state index contributed by atoms with van der Waals surface area (Å²) in [5, 5.41) is 8.67. The molecule has 0 unspecified atom stereocenters. The number of aliphatic hydroxyl groups is 1. The third-order valence-electron chi connectivity index (χ3n) is 1.44. The zero-order chi connectivity index (χ0) is 7.40. The number of halogens is 2. The Morgan fingerprint density at radius 2 is 1.42 bits per heavy atom. The van der Waals surface area contributed by atoms with Gasteiger partial charge in [0, 0.05) is 6.54 Å². The smallest absolute Gasteiger partial charge is 0.0681 e. The minimum absolute atomic E-state index is 0. The van der Waals surface area contributed by atoms with Gasteiger partial charge in [0.2, 0.25) is 0 Å². The normalized spacial score (nSPS) is 8.17. The summed E-state index contributed by atoms with van der Waals surface area (Å²) in [6, 6.07) is 7.60. The van der Waals surface area contributed by atoms with E-state index in [2.05, 4.69) is 0 Å². The lowest BCUT2D eigenvalue weighted by Crippen LogP contribution is -1.95. The van der Waals surface area contributed by atoms with E-state index >= 15 is 0 Å². The average Bonchev–Trinajstić information content (AvgIpc) is 2.05. The van der Waals surface area contributed by atoms with E-state index in [0.29, 0.717) is 6.54 Å². The molecular weight excluding hydrogens is 197 g/mol. The molecule has 0 spiro atoms. The molecule has 2 nitrogen and oxygen atoms in total. The van der Waals surface area contributed by atoms with E-state index in [-0.39, 0.29) is 31.4 Å². The van der Waals surface area contributed by atoms with E-state index in [0.717, 1.165) is 11.1 Å². The van der Waals surface area contributed by atoms with Crippen molar-refractivity contribution < 1.29 is 5.11 Å². The Kier molecular flexibility index (Phi) is 8.76. The number of nitrogens with two attached hydrogens (primary N) is 1. The minimum Gasteiger partial charge on any atom is -0.392 e. The Morgan fingerprint density at radius 3 is 1.75 bits per heavy atom. The summed E-state index contributed by atoms with van der Waals surface area (Å²) >= 11 is 0. The maximum Gasteiger partial charge on any atom is 0.0681 e. The molecule has 1 aromatic rings. The van der Waals surface area contributed by atoms with Crippen LogP contribution in [-0.4, -0.2) is 5.11 Å². The van der Waals surface area contributed by atoms with Crippen LogP contribution in [0, 0.1) is 0 Å². The van der Waals surface area contributed by atoms with Gasteiger partial charge in [-0.1, -0.05) is 24.3 Å². The summed E-state index contributed by atoms with van der Waals surface area (Å²) in [5.41, 5.74) is 7.40. The van der Waals surface area contributed by atoms with Gasteiger partial charge in [-0.3, -0.25) is 0 Å². The predicted molar refractivity (Wildman–Crippen MR) is 54.8 cm³/mol. The topological polar surface area (TPSA) is 46.2 Å². The minimum atomic E-state index is 0. The fourth-order valence-corrected chi connectivity index (χ4v) is 0.781. The summed E-state index contributed by atoms with van der Waals surface area (Å²) in [4.78, 5) is 0. The number of hydrogen-bond acceptors (Lipinski definition) is 2. The maximum absolute atomic E-state index is 8.67. The van der Waals surface area contributed by atoms with Gasteiger partial charge in [-0.2, -0.15) is 0 Å². The highest BCUT2D eigenvalue weighted by molar-refractivity contribution is 5.85. The standard InChI is InChI=1S/C8H11NO.2ClH/c9-5-7-1-3-8(6-10)4-2-7;;/h1-4,10H,5-6,9H2;2*1H. The third kappa shape index (κ3) is 3.93. The van der Waals surface area contributed by atoms with Crippen molar-refractivity contribution >= 4 is 24.8 Å². The van der Waals surface area contributed by atoms with Gasteiger partial charge in [0.1, 0.15) is 0 Å². The molecule has 1 aromatic carbocycles. The van der Waals surface area contributed by atoms with Gasteiger partial charge in [0.05, 0.1) is 6.61 Å². The fraction of sp³-hybridized carbons (Fsp3) is 0.250. The van der Waals surface area contributed by atoms with E-state index in [9.17, 15) is 0 Å². The molecule has 12 heavy (non-hydrogen) atoms. The van der Waals surface area contributed by atoms with Crippen LogP contribution < -0.4 is 5.73 Å². The molecule has 0 heterocycles. The predicted octanol–water partition coefficient (Wildman–Crippen LogP) is 1.48. The molecule has 70 valence electrons. The Bertz CT molecular complexity index is 178. The average molecular weight is 210 g/mol. The highest BCUT2D eigenvalue weighted by Gasteiger charge is 1.89.